The van der Waals surface area contributed by atoms with Crippen molar-refractivity contribution in [3.63, 3.8) is 0 Å². The first-order valence-corrected chi connectivity index (χ1v) is 16.0. The Morgan fingerprint density at radius 3 is 2.52 bits per heavy atom. The third-order valence-electron chi connectivity index (χ3n) is 6.65. The minimum absolute atomic E-state index is 0.0256. The summed E-state index contributed by atoms with van der Waals surface area (Å²) in [6, 6.07) is 9.22. The maximum atomic E-state index is 13.7. The maximum absolute atomic E-state index is 13.7. The van der Waals surface area contributed by atoms with Gasteiger partial charge in [0.05, 0.1) is 4.90 Å². The quantitative estimate of drug-likeness (QED) is 0.194. The molecule has 44 heavy (non-hydrogen) atoms. The Morgan fingerprint density at radius 1 is 1.16 bits per heavy atom. The fourth-order valence-corrected chi connectivity index (χ4v) is 8.26. The second-order valence-electron chi connectivity index (χ2n) is 9.86. The van der Waals surface area contributed by atoms with E-state index >= 15 is 0 Å². The highest BCUT2D eigenvalue weighted by Gasteiger charge is 2.45. The number of carbonyl (C=O) groups is 2. The van der Waals surface area contributed by atoms with Crippen molar-refractivity contribution in [3.8, 4) is 11.5 Å². The van der Waals surface area contributed by atoms with Gasteiger partial charge in [0.2, 0.25) is 10.0 Å². The summed E-state index contributed by atoms with van der Waals surface area (Å²) >= 11 is 13.5. The van der Waals surface area contributed by atoms with Gasteiger partial charge in [-0.3, -0.25) is 4.79 Å². The molecule has 2 aliphatic rings. The van der Waals surface area contributed by atoms with E-state index in [1.807, 2.05) is 0 Å². The lowest BCUT2D eigenvalue weighted by atomic mass is 10.0. The smallest absolute Gasteiger partial charge is 0.586 e. The third-order valence-corrected chi connectivity index (χ3v) is 10.5. The summed E-state index contributed by atoms with van der Waals surface area (Å²) < 4.78 is 70.9. The number of nitrogens with zero attached hydrogens (tertiary/aromatic N) is 3. The van der Waals surface area contributed by atoms with Crippen LogP contribution < -0.4 is 14.2 Å². The van der Waals surface area contributed by atoms with E-state index in [0.29, 0.717) is 4.73 Å². The van der Waals surface area contributed by atoms with Gasteiger partial charge in [-0.1, -0.05) is 35.3 Å². The van der Waals surface area contributed by atoms with Gasteiger partial charge in [-0.15, -0.1) is 20.5 Å². The van der Waals surface area contributed by atoms with Crippen LogP contribution in [0, 0.1) is 5.21 Å². The molecule has 11 nitrogen and oxygen atoms in total. The second kappa shape index (κ2) is 12.2. The molecule has 0 aliphatic carbocycles. The average Bonchev–Trinajstić information content (AvgIpc) is 3.57. The molecule has 0 radical (unpaired) electrons. The molecule has 1 saturated heterocycles. The van der Waals surface area contributed by atoms with Crippen LogP contribution in [0.1, 0.15) is 27.6 Å². The molecule has 234 valence electrons. The maximum Gasteiger partial charge on any atom is 0.586 e. The summed E-state index contributed by atoms with van der Waals surface area (Å²) in [5, 5.41) is 10.4. The zero-order valence-electron chi connectivity index (χ0n) is 22.9. The van der Waals surface area contributed by atoms with Crippen molar-refractivity contribution in [2.45, 2.75) is 29.1 Å². The van der Waals surface area contributed by atoms with Crippen LogP contribution in [0.25, 0.3) is 0 Å². The van der Waals surface area contributed by atoms with Crippen LogP contribution in [-0.2, 0) is 26.0 Å². The molecule has 3 aromatic rings. The Kier molecular flexibility index (Phi) is 8.88. The van der Waals surface area contributed by atoms with Gasteiger partial charge >= 0.3 is 12.3 Å². The number of thioether (sulfide) groups is 1. The molecule has 1 amide bonds. The lowest BCUT2D eigenvalue weighted by Crippen LogP contribution is -2.40. The fourth-order valence-electron chi connectivity index (χ4n) is 4.57. The first-order valence-electron chi connectivity index (χ1n) is 12.8. The molecular weight excluding hydrogens is 667 g/mol. The third kappa shape index (κ3) is 6.52. The van der Waals surface area contributed by atoms with Crippen LogP contribution in [0.15, 0.2) is 59.8 Å². The minimum atomic E-state index is -4.27. The Morgan fingerprint density at radius 2 is 1.84 bits per heavy atom. The molecule has 5 rings (SSSR count). The van der Waals surface area contributed by atoms with E-state index in [-0.39, 0.29) is 61.8 Å². The molecule has 0 bridgehead atoms. The summed E-state index contributed by atoms with van der Waals surface area (Å²) in [5.74, 6) is -1.65. The number of hydrogen-bond donors (Lipinski definition) is 0. The summed E-state index contributed by atoms with van der Waals surface area (Å²) in [6.07, 6.45) is -3.27. The van der Waals surface area contributed by atoms with Crippen molar-refractivity contribution in [1.82, 2.24) is 9.21 Å². The van der Waals surface area contributed by atoms with E-state index in [1.54, 1.807) is 0 Å². The molecule has 3 heterocycles. The number of carbonyl (C=O) groups excluding carboxylic acids is 2. The fraction of sp³-hybridized carbons (Fsp3) is 0.296. The van der Waals surface area contributed by atoms with E-state index in [1.165, 1.54) is 61.5 Å². The molecule has 1 fully saturated rings. The first kappa shape index (κ1) is 32.0. The monoisotopic (exact) mass is 689 g/mol. The van der Waals surface area contributed by atoms with E-state index < -0.39 is 39.7 Å². The van der Waals surface area contributed by atoms with Crippen LogP contribution in [-0.4, -0.2) is 67.6 Å². The summed E-state index contributed by atoms with van der Waals surface area (Å²) in [6.45, 7) is -0.0256. The van der Waals surface area contributed by atoms with Crippen molar-refractivity contribution in [2.75, 3.05) is 26.4 Å². The number of esters is 1. The minimum Gasteiger partial charge on any atom is -0.619 e. The standard InChI is InChI=1S/C27H23Cl2F2N3O8S2/c1-32(2)24(35)16-4-3-5-17(10-16)44(38,39)34-8-9-43-25(34)26(36)40-22(12-18-19(28)13-33(37)14-20(18)29)15-6-7-21-23(11-15)42-27(30,31)41-21/h3-7,10-11,13-14,22,25H,8-9,12H2,1-2H3. The van der Waals surface area contributed by atoms with Crippen molar-refractivity contribution in [2.24, 2.45) is 0 Å². The molecular formula is C27H23Cl2F2N3O8S2. The van der Waals surface area contributed by atoms with E-state index in [0.717, 1.165) is 28.5 Å². The summed E-state index contributed by atoms with van der Waals surface area (Å²) in [5.41, 5.74) is 0.537. The molecule has 17 heteroatoms. The Labute approximate surface area is 264 Å². The van der Waals surface area contributed by atoms with Gasteiger partial charge in [0, 0.05) is 43.9 Å². The number of aromatic nitrogens is 1. The van der Waals surface area contributed by atoms with E-state index in [4.69, 9.17) is 27.9 Å². The number of alkyl halides is 2. The van der Waals surface area contributed by atoms with Crippen molar-refractivity contribution >= 4 is 56.9 Å². The summed E-state index contributed by atoms with van der Waals surface area (Å²) in [4.78, 5) is 27.2. The highest BCUT2D eigenvalue weighted by atomic mass is 35.5. The molecule has 2 aliphatic heterocycles. The van der Waals surface area contributed by atoms with Crippen molar-refractivity contribution < 1.29 is 45.7 Å². The number of benzene rings is 2. The van der Waals surface area contributed by atoms with Crippen LogP contribution in [0.4, 0.5) is 8.78 Å². The highest BCUT2D eigenvalue weighted by molar-refractivity contribution is 8.02. The van der Waals surface area contributed by atoms with Gasteiger partial charge in [-0.25, -0.2) is 13.2 Å². The average molecular weight is 691 g/mol. The predicted molar refractivity (Wildman–Crippen MR) is 155 cm³/mol. The zero-order valence-corrected chi connectivity index (χ0v) is 26.1. The lowest BCUT2D eigenvalue weighted by molar-refractivity contribution is -0.605. The second-order valence-corrected chi connectivity index (χ2v) is 13.8. The van der Waals surface area contributed by atoms with Crippen molar-refractivity contribution in [3.05, 3.63) is 86.8 Å². The number of ether oxygens (including phenoxy) is 3. The number of sulfonamides is 1. The largest absolute Gasteiger partial charge is 0.619 e. The van der Waals surface area contributed by atoms with Gasteiger partial charge in [0.15, 0.2) is 29.3 Å². The van der Waals surface area contributed by atoms with Gasteiger partial charge in [-0.05, 0) is 35.9 Å². The van der Waals surface area contributed by atoms with E-state index in [9.17, 15) is 32.0 Å². The molecule has 2 unspecified atom stereocenters. The van der Waals surface area contributed by atoms with Gasteiger partial charge in [0.25, 0.3) is 5.91 Å². The van der Waals surface area contributed by atoms with Gasteiger partial charge in [-0.2, -0.15) is 9.04 Å². The van der Waals surface area contributed by atoms with E-state index in [2.05, 4.69) is 9.47 Å². The molecule has 0 saturated carbocycles. The molecule has 2 aromatic carbocycles. The molecule has 0 spiro atoms. The number of fused-ring (bicyclic) bond motifs is 1. The van der Waals surface area contributed by atoms with Crippen LogP contribution in [0.2, 0.25) is 10.0 Å². The summed E-state index contributed by atoms with van der Waals surface area (Å²) in [7, 11) is -1.21. The van der Waals surface area contributed by atoms with Crippen LogP contribution in [0.5, 0.6) is 11.5 Å². The van der Waals surface area contributed by atoms with Crippen LogP contribution in [0.3, 0.4) is 0 Å². The lowest BCUT2D eigenvalue weighted by Gasteiger charge is -2.25. The Hall–Kier alpha value is -3.37. The zero-order chi connectivity index (χ0) is 32.0. The Bertz CT molecular complexity index is 1720. The van der Waals surface area contributed by atoms with Crippen LogP contribution >= 0.6 is 35.0 Å². The van der Waals surface area contributed by atoms with Crippen molar-refractivity contribution in [1.29, 1.82) is 0 Å². The Balaban J connectivity index is 1.45. The predicted octanol–water partition coefficient (Wildman–Crippen LogP) is 4.24. The molecule has 1 aromatic heterocycles. The SMILES string of the molecule is CN(C)C(=O)c1cccc(S(=O)(=O)N2CCSC2C(=O)OC(Cc2c(Cl)c[n+]([O-])cc2Cl)c2ccc3c(c2)OC(F)(F)O3)c1. The number of rotatable bonds is 8. The molecule has 0 N–H and O–H groups in total. The number of hydrogen-bond acceptors (Lipinski definition) is 9. The van der Waals surface area contributed by atoms with Gasteiger partial charge < -0.3 is 24.3 Å². The molecule has 2 atom stereocenters. The topological polar surface area (TPSA) is 129 Å². The number of pyridine rings is 1. The van der Waals surface area contributed by atoms with Gasteiger partial charge in [0.1, 0.15) is 16.1 Å². The number of halogens is 4. The number of amides is 1. The normalized spacial score (nSPS) is 18.2. The highest BCUT2D eigenvalue weighted by Crippen LogP contribution is 2.43. The first-order chi connectivity index (χ1) is 20.7.